The van der Waals surface area contributed by atoms with E-state index in [1.54, 1.807) is 24.3 Å². The number of unbranched alkanes of at least 4 members (excludes halogenated alkanes) is 2. The number of hydrogen-bond acceptors (Lipinski definition) is 8. The van der Waals surface area contributed by atoms with Crippen LogP contribution in [-0.2, 0) is 32.2 Å². The zero-order valence-electron chi connectivity index (χ0n) is 30.1. The molecule has 6 rings (SSSR count). The molecule has 10 nitrogen and oxygen atoms in total. The van der Waals surface area contributed by atoms with Gasteiger partial charge >= 0.3 is 0 Å². The number of carbonyl (C=O) groups is 2. The second-order valence-corrected chi connectivity index (χ2v) is 14.3. The van der Waals surface area contributed by atoms with Crippen molar-refractivity contribution >= 4 is 35.0 Å². The molecular formula is C43H46N4O6S. The van der Waals surface area contributed by atoms with E-state index >= 15 is 0 Å². The van der Waals surface area contributed by atoms with E-state index in [2.05, 4.69) is 10.6 Å². The molecule has 1 saturated heterocycles. The summed E-state index contributed by atoms with van der Waals surface area (Å²) in [7, 11) is 0. The molecule has 0 bridgehead atoms. The van der Waals surface area contributed by atoms with Gasteiger partial charge in [0.15, 0.2) is 12.5 Å². The van der Waals surface area contributed by atoms with Crippen molar-refractivity contribution in [3.8, 4) is 11.1 Å². The number of rotatable bonds is 16. The largest absolute Gasteiger partial charge is 0.618 e. The van der Waals surface area contributed by atoms with Crippen molar-refractivity contribution < 1.29 is 28.9 Å². The number of benzene rings is 4. The van der Waals surface area contributed by atoms with E-state index in [1.807, 2.05) is 91.0 Å². The van der Waals surface area contributed by atoms with Crippen LogP contribution in [0.4, 0.5) is 11.4 Å². The highest BCUT2D eigenvalue weighted by atomic mass is 32.2. The zero-order chi connectivity index (χ0) is 37.7. The summed E-state index contributed by atoms with van der Waals surface area (Å²) in [5.41, 5.74) is 12.8. The summed E-state index contributed by atoms with van der Waals surface area (Å²) in [6.07, 6.45) is 3.99. The third-order valence-electron chi connectivity index (χ3n) is 9.35. The Hall–Kier alpha value is -5.20. The predicted molar refractivity (Wildman–Crippen MR) is 211 cm³/mol. The standard InChI is InChI=1S/C43H46N4O6S/c44-37-12-6-7-13-38(37)46-41(50)15-3-1-2-14-40(49)45-27-34-10-4-5-11-36(34)31-21-23-33(24-22-31)43-52-35(29-54-42-16-8-9-25-47(42)51)26-39(53-43)32-19-17-30(28-48)18-20-32/h4-13,16-25,35,39,43,48H,1-3,14-15,26-29,44H2,(H,45,49)(H,46,50)/t35-,39+,43+/m1/s1. The van der Waals surface area contributed by atoms with E-state index in [0.717, 1.165) is 44.5 Å². The lowest BCUT2D eigenvalue weighted by atomic mass is 9.97. The second-order valence-electron chi connectivity index (χ2n) is 13.3. The van der Waals surface area contributed by atoms with Gasteiger partial charge in [0.2, 0.25) is 11.8 Å². The van der Waals surface area contributed by atoms with Crippen molar-refractivity contribution in [3.63, 3.8) is 0 Å². The van der Waals surface area contributed by atoms with Crippen molar-refractivity contribution in [3.05, 3.63) is 149 Å². The average Bonchev–Trinajstić information content (AvgIpc) is 3.20. The van der Waals surface area contributed by atoms with Crippen molar-refractivity contribution in [2.45, 2.75) is 75.2 Å². The molecule has 54 heavy (non-hydrogen) atoms. The molecule has 280 valence electrons. The molecule has 2 heterocycles. The van der Waals surface area contributed by atoms with Crippen molar-refractivity contribution in [2.75, 3.05) is 16.8 Å². The van der Waals surface area contributed by atoms with Crippen LogP contribution in [0.3, 0.4) is 0 Å². The van der Waals surface area contributed by atoms with E-state index in [1.165, 1.54) is 18.0 Å². The van der Waals surface area contributed by atoms with Crippen LogP contribution in [0.5, 0.6) is 0 Å². The van der Waals surface area contributed by atoms with E-state index in [0.29, 0.717) is 60.8 Å². The van der Waals surface area contributed by atoms with E-state index in [-0.39, 0.29) is 30.6 Å². The number of nitrogen functional groups attached to an aromatic ring is 1. The van der Waals surface area contributed by atoms with Gasteiger partial charge in [-0.1, -0.05) is 103 Å². The number of hydrogen-bond donors (Lipinski definition) is 4. The minimum atomic E-state index is -0.623. The van der Waals surface area contributed by atoms with Crippen LogP contribution in [0.25, 0.3) is 11.1 Å². The molecule has 4 aromatic carbocycles. The first kappa shape index (κ1) is 38.5. The van der Waals surface area contributed by atoms with Gasteiger partial charge in [0, 0.05) is 49.3 Å². The third kappa shape index (κ3) is 10.7. The number of thioether (sulfide) groups is 1. The van der Waals surface area contributed by atoms with Gasteiger partial charge in [-0.15, -0.1) is 0 Å². The number of anilines is 2. The van der Waals surface area contributed by atoms with Crippen molar-refractivity contribution in [2.24, 2.45) is 0 Å². The molecular weight excluding hydrogens is 701 g/mol. The fourth-order valence-electron chi connectivity index (χ4n) is 6.35. The maximum absolute atomic E-state index is 12.7. The smallest absolute Gasteiger partial charge is 0.251 e. The molecule has 0 aliphatic carbocycles. The Morgan fingerprint density at radius 2 is 1.52 bits per heavy atom. The summed E-state index contributed by atoms with van der Waals surface area (Å²) >= 11 is 1.46. The van der Waals surface area contributed by atoms with Gasteiger partial charge in [-0.2, -0.15) is 4.73 Å². The quantitative estimate of drug-likeness (QED) is 0.0265. The SMILES string of the molecule is Nc1ccccc1NC(=O)CCCCCC(=O)NCc1ccccc1-c1ccc([C@H]2O[C@@H](CSc3cccc[n+]3[O-])C[C@@H](c3ccc(CO)cc3)O2)cc1. The topological polar surface area (TPSA) is 150 Å². The highest BCUT2D eigenvalue weighted by molar-refractivity contribution is 7.99. The number of nitrogens with zero attached hydrogens (tertiary/aromatic N) is 1. The molecule has 11 heteroatoms. The number of amides is 2. The summed E-state index contributed by atoms with van der Waals surface area (Å²) < 4.78 is 13.9. The molecule has 0 radical (unpaired) electrons. The maximum Gasteiger partial charge on any atom is 0.251 e. The number of carbonyl (C=O) groups excluding carboxylic acids is 2. The van der Waals surface area contributed by atoms with Crippen LogP contribution in [-0.4, -0.2) is 28.8 Å². The lowest BCUT2D eigenvalue weighted by Crippen LogP contribution is -2.32. The number of para-hydroxylation sites is 2. The van der Waals surface area contributed by atoms with Crippen LogP contribution in [0.1, 0.15) is 73.2 Å². The van der Waals surface area contributed by atoms with Crippen LogP contribution in [0.2, 0.25) is 0 Å². The van der Waals surface area contributed by atoms with Crippen LogP contribution < -0.4 is 21.1 Å². The Kier molecular flexibility index (Phi) is 13.7. The first-order valence-corrected chi connectivity index (χ1v) is 19.3. The maximum atomic E-state index is 12.7. The Morgan fingerprint density at radius 3 is 2.28 bits per heavy atom. The molecule has 1 aromatic heterocycles. The van der Waals surface area contributed by atoms with Crippen LogP contribution in [0, 0.1) is 5.21 Å². The molecule has 1 aliphatic rings. The molecule has 0 spiro atoms. The van der Waals surface area contributed by atoms with E-state index in [9.17, 15) is 19.9 Å². The lowest BCUT2D eigenvalue weighted by molar-refractivity contribution is -0.645. The highest BCUT2D eigenvalue weighted by Crippen LogP contribution is 2.40. The molecule has 1 fully saturated rings. The lowest BCUT2D eigenvalue weighted by Gasteiger charge is -2.36. The van der Waals surface area contributed by atoms with Crippen LogP contribution >= 0.6 is 11.8 Å². The summed E-state index contributed by atoms with van der Waals surface area (Å²) in [4.78, 5) is 25.0. The molecule has 1 aliphatic heterocycles. The predicted octanol–water partition coefficient (Wildman–Crippen LogP) is 7.60. The van der Waals surface area contributed by atoms with Gasteiger partial charge in [0.25, 0.3) is 5.03 Å². The van der Waals surface area contributed by atoms with Gasteiger partial charge in [0.05, 0.1) is 30.2 Å². The Labute approximate surface area is 320 Å². The van der Waals surface area contributed by atoms with Crippen molar-refractivity contribution in [1.82, 2.24) is 5.32 Å². The van der Waals surface area contributed by atoms with Gasteiger partial charge in [0.1, 0.15) is 0 Å². The van der Waals surface area contributed by atoms with Crippen LogP contribution in [0.15, 0.2) is 126 Å². The highest BCUT2D eigenvalue weighted by Gasteiger charge is 2.32. The van der Waals surface area contributed by atoms with E-state index in [4.69, 9.17) is 15.2 Å². The molecule has 2 amide bonds. The number of pyridine rings is 1. The average molecular weight is 747 g/mol. The summed E-state index contributed by atoms with van der Waals surface area (Å²) in [5, 5.41) is 28.3. The van der Waals surface area contributed by atoms with Gasteiger partial charge in [-0.05, 0) is 58.9 Å². The summed E-state index contributed by atoms with van der Waals surface area (Å²) in [6.45, 7) is 0.369. The molecule has 0 unspecified atom stereocenters. The number of ether oxygens (including phenoxy) is 2. The number of aromatic nitrogens is 1. The molecule has 5 aromatic rings. The van der Waals surface area contributed by atoms with Gasteiger partial charge in [-0.3, -0.25) is 9.59 Å². The fourth-order valence-corrected chi connectivity index (χ4v) is 7.29. The number of aliphatic hydroxyl groups excluding tert-OH is 1. The van der Waals surface area contributed by atoms with Gasteiger partial charge < -0.3 is 36.2 Å². The third-order valence-corrected chi connectivity index (χ3v) is 10.5. The van der Waals surface area contributed by atoms with E-state index < -0.39 is 6.29 Å². The Bertz CT molecular complexity index is 1990. The normalized spacial score (nSPS) is 16.8. The van der Waals surface area contributed by atoms with Gasteiger partial charge in [-0.25, -0.2) is 0 Å². The fraction of sp³-hybridized carbons (Fsp3) is 0.279. The number of aliphatic hydroxyl groups is 1. The zero-order valence-corrected chi connectivity index (χ0v) is 30.9. The monoisotopic (exact) mass is 746 g/mol. The minimum Gasteiger partial charge on any atom is -0.618 e. The number of nitrogens with one attached hydrogen (secondary N) is 2. The summed E-state index contributed by atoms with van der Waals surface area (Å²) in [6, 6.07) is 36.4. The molecule has 3 atom stereocenters. The number of nitrogens with two attached hydrogens (primary N) is 1. The molecule has 0 saturated carbocycles. The first-order chi connectivity index (χ1) is 26.4. The first-order valence-electron chi connectivity index (χ1n) is 18.3. The Balaban J connectivity index is 1.03. The summed E-state index contributed by atoms with van der Waals surface area (Å²) in [5.74, 6) is 0.464. The molecule has 5 N–H and O–H groups in total. The Morgan fingerprint density at radius 1 is 0.815 bits per heavy atom. The second kappa shape index (κ2) is 19.2. The minimum absolute atomic E-state index is 0.0273. The van der Waals surface area contributed by atoms with Crippen molar-refractivity contribution in [1.29, 1.82) is 0 Å².